The molecule has 12 heavy (non-hydrogen) atoms. The smallest absolute Gasteiger partial charge is 0.134 e. The second kappa shape index (κ2) is 4.10. The topological polar surface area (TPSA) is 33.1 Å². The minimum absolute atomic E-state index is 0.260. The summed E-state index contributed by atoms with van der Waals surface area (Å²) in [6.07, 6.45) is 5.59. The van der Waals surface area contributed by atoms with Crippen molar-refractivity contribution in [2.24, 2.45) is 0 Å². The lowest BCUT2D eigenvalue weighted by Gasteiger charge is -2.09. The summed E-state index contributed by atoms with van der Waals surface area (Å²) < 4.78 is 0. The van der Waals surface area contributed by atoms with Crippen LogP contribution in [-0.2, 0) is 0 Å². The fourth-order valence-electron chi connectivity index (χ4n) is 1.31. The molecule has 0 bridgehead atoms. The molecule has 0 amide bonds. The molecule has 1 N–H and O–H groups in total. The molecule has 0 aromatic carbocycles. The van der Waals surface area contributed by atoms with Gasteiger partial charge in [0, 0.05) is 6.20 Å². The van der Waals surface area contributed by atoms with Crippen LogP contribution in [0.25, 0.3) is 0 Å². The van der Waals surface area contributed by atoms with Crippen molar-refractivity contribution >= 4 is 0 Å². The molecule has 2 heteroatoms. The van der Waals surface area contributed by atoms with Crippen molar-refractivity contribution in [3.05, 3.63) is 24.0 Å². The van der Waals surface area contributed by atoms with Crippen LogP contribution in [0.2, 0.25) is 0 Å². The molecule has 0 spiro atoms. The first-order valence-corrected chi connectivity index (χ1v) is 4.38. The predicted molar refractivity (Wildman–Crippen MR) is 49.2 cm³/mol. The zero-order chi connectivity index (χ0) is 8.97. The van der Waals surface area contributed by atoms with E-state index in [1.54, 1.807) is 6.07 Å². The normalized spacial score (nSPS) is 12.8. The number of aromatic hydroxyl groups is 1. The van der Waals surface area contributed by atoms with Gasteiger partial charge in [0.25, 0.3) is 0 Å². The van der Waals surface area contributed by atoms with Gasteiger partial charge >= 0.3 is 0 Å². The van der Waals surface area contributed by atoms with Gasteiger partial charge in [-0.25, -0.2) is 0 Å². The van der Waals surface area contributed by atoms with E-state index in [9.17, 15) is 0 Å². The number of hydrogen-bond donors (Lipinski definition) is 1. The summed E-state index contributed by atoms with van der Waals surface area (Å²) in [4.78, 5) is 3.94. The highest BCUT2D eigenvalue weighted by Gasteiger charge is 2.04. The highest BCUT2D eigenvalue weighted by Crippen LogP contribution is 2.21. The maximum atomic E-state index is 9.17. The number of nitrogens with zero attached hydrogens (tertiary/aromatic N) is 1. The lowest BCUT2D eigenvalue weighted by molar-refractivity contribution is 0.470. The molecular weight excluding hydrogens is 150 g/mol. The molecule has 1 unspecified atom stereocenters. The highest BCUT2D eigenvalue weighted by atomic mass is 16.3. The molecule has 0 aliphatic heterocycles. The minimum Gasteiger partial charge on any atom is -0.506 e. The molecule has 0 aliphatic carbocycles. The summed E-state index contributed by atoms with van der Waals surface area (Å²) >= 11 is 0. The third-order valence-corrected chi connectivity index (χ3v) is 2.04. The molecule has 1 aromatic rings. The zero-order valence-electron chi connectivity index (χ0n) is 7.62. The number of rotatable bonds is 3. The van der Waals surface area contributed by atoms with Crippen LogP contribution in [0.15, 0.2) is 18.5 Å². The lowest BCUT2D eigenvalue weighted by atomic mass is 9.98. The Hall–Kier alpha value is -1.05. The molecule has 0 saturated carbocycles. The highest BCUT2D eigenvalue weighted by molar-refractivity contribution is 5.24. The van der Waals surface area contributed by atoms with Crippen molar-refractivity contribution in [2.75, 3.05) is 0 Å². The molecule has 0 radical (unpaired) electrons. The molecule has 0 fully saturated rings. The Morgan fingerprint density at radius 3 is 2.83 bits per heavy atom. The summed E-state index contributed by atoms with van der Waals surface area (Å²) in [5.41, 5.74) is 1.12. The van der Waals surface area contributed by atoms with Crippen LogP contribution >= 0.6 is 0 Å². The standard InChI is InChI=1S/C10H15NO/c1-3-4-8(2)9-5-10(12)7-11-6-9/h5-8,12H,3-4H2,1-2H3. The average Bonchev–Trinajstić information content (AvgIpc) is 2.05. The van der Waals surface area contributed by atoms with E-state index in [1.807, 2.05) is 6.20 Å². The van der Waals surface area contributed by atoms with E-state index in [4.69, 9.17) is 5.11 Å². The number of pyridine rings is 1. The van der Waals surface area contributed by atoms with Gasteiger partial charge in [-0.3, -0.25) is 4.98 Å². The average molecular weight is 165 g/mol. The first kappa shape index (κ1) is 9.04. The van der Waals surface area contributed by atoms with Crippen LogP contribution in [0, 0.1) is 0 Å². The Morgan fingerprint density at radius 2 is 2.25 bits per heavy atom. The van der Waals surface area contributed by atoms with Crippen LogP contribution in [0.1, 0.15) is 38.2 Å². The quantitative estimate of drug-likeness (QED) is 0.747. The molecule has 0 aliphatic rings. The van der Waals surface area contributed by atoms with E-state index >= 15 is 0 Å². The van der Waals surface area contributed by atoms with Gasteiger partial charge in [-0.1, -0.05) is 20.3 Å². The fraction of sp³-hybridized carbons (Fsp3) is 0.500. The molecule has 2 nitrogen and oxygen atoms in total. The van der Waals surface area contributed by atoms with Gasteiger partial charge in [-0.2, -0.15) is 0 Å². The van der Waals surface area contributed by atoms with Crippen LogP contribution in [0.3, 0.4) is 0 Å². The van der Waals surface area contributed by atoms with E-state index in [1.165, 1.54) is 6.20 Å². The summed E-state index contributed by atoms with van der Waals surface area (Å²) in [7, 11) is 0. The largest absolute Gasteiger partial charge is 0.506 e. The Labute approximate surface area is 73.3 Å². The molecule has 1 aromatic heterocycles. The van der Waals surface area contributed by atoms with Crippen molar-refractivity contribution in [3.63, 3.8) is 0 Å². The maximum absolute atomic E-state index is 9.17. The van der Waals surface area contributed by atoms with Crippen molar-refractivity contribution in [3.8, 4) is 5.75 Å². The summed E-state index contributed by atoms with van der Waals surface area (Å²) in [6, 6.07) is 1.79. The maximum Gasteiger partial charge on any atom is 0.134 e. The van der Waals surface area contributed by atoms with E-state index in [0.717, 1.165) is 18.4 Å². The van der Waals surface area contributed by atoms with Gasteiger partial charge in [-0.15, -0.1) is 0 Å². The fourth-order valence-corrected chi connectivity index (χ4v) is 1.31. The van der Waals surface area contributed by atoms with E-state index in [-0.39, 0.29) is 5.75 Å². The summed E-state index contributed by atoms with van der Waals surface area (Å²) in [5.74, 6) is 0.755. The molecule has 1 heterocycles. The third kappa shape index (κ3) is 2.22. The van der Waals surface area contributed by atoms with Gasteiger partial charge in [-0.05, 0) is 24.0 Å². The monoisotopic (exact) mass is 165 g/mol. The number of aromatic nitrogens is 1. The second-order valence-electron chi connectivity index (χ2n) is 3.17. The van der Waals surface area contributed by atoms with Crippen molar-refractivity contribution < 1.29 is 5.11 Å². The van der Waals surface area contributed by atoms with Gasteiger partial charge in [0.1, 0.15) is 5.75 Å². The van der Waals surface area contributed by atoms with Crippen LogP contribution in [-0.4, -0.2) is 10.1 Å². The van der Waals surface area contributed by atoms with E-state index < -0.39 is 0 Å². The Balaban J connectivity index is 2.73. The molecular formula is C10H15NO. The third-order valence-electron chi connectivity index (χ3n) is 2.04. The van der Waals surface area contributed by atoms with E-state index in [0.29, 0.717) is 5.92 Å². The molecule has 66 valence electrons. The van der Waals surface area contributed by atoms with Crippen molar-refractivity contribution in [2.45, 2.75) is 32.6 Å². The van der Waals surface area contributed by atoms with Crippen LogP contribution in [0.4, 0.5) is 0 Å². The van der Waals surface area contributed by atoms with Crippen LogP contribution in [0.5, 0.6) is 5.75 Å². The molecule has 1 atom stereocenters. The van der Waals surface area contributed by atoms with Crippen molar-refractivity contribution in [1.29, 1.82) is 0 Å². The molecule has 0 saturated heterocycles. The van der Waals surface area contributed by atoms with Crippen LogP contribution < -0.4 is 0 Å². The predicted octanol–water partition coefficient (Wildman–Crippen LogP) is 2.69. The zero-order valence-corrected chi connectivity index (χ0v) is 7.62. The Bertz CT molecular complexity index is 247. The number of hydrogen-bond acceptors (Lipinski definition) is 2. The van der Waals surface area contributed by atoms with Gasteiger partial charge in [0.2, 0.25) is 0 Å². The minimum atomic E-state index is 0.260. The van der Waals surface area contributed by atoms with Gasteiger partial charge in [0.05, 0.1) is 6.20 Å². The first-order chi connectivity index (χ1) is 5.74. The van der Waals surface area contributed by atoms with Gasteiger partial charge < -0.3 is 5.11 Å². The SMILES string of the molecule is CCCC(C)c1cncc(O)c1. The summed E-state index contributed by atoms with van der Waals surface area (Å²) in [5, 5.41) is 9.17. The summed E-state index contributed by atoms with van der Waals surface area (Å²) in [6.45, 7) is 4.31. The Kier molecular flexibility index (Phi) is 3.09. The van der Waals surface area contributed by atoms with Gasteiger partial charge in [0.15, 0.2) is 0 Å². The Morgan fingerprint density at radius 1 is 1.50 bits per heavy atom. The van der Waals surface area contributed by atoms with E-state index in [2.05, 4.69) is 18.8 Å². The first-order valence-electron chi connectivity index (χ1n) is 4.38. The molecule has 1 rings (SSSR count). The van der Waals surface area contributed by atoms with Crippen molar-refractivity contribution in [1.82, 2.24) is 4.98 Å². The second-order valence-corrected chi connectivity index (χ2v) is 3.17. The lowest BCUT2D eigenvalue weighted by Crippen LogP contribution is -1.92.